The summed E-state index contributed by atoms with van der Waals surface area (Å²) in [6.45, 7) is 0. The number of para-hydroxylation sites is 1. The summed E-state index contributed by atoms with van der Waals surface area (Å²) in [5.74, 6) is 1.36. The van der Waals surface area contributed by atoms with E-state index in [4.69, 9.17) is 19.9 Å². The molecule has 0 aliphatic heterocycles. The lowest BCUT2D eigenvalue weighted by molar-refractivity contribution is 0.0211. The highest BCUT2D eigenvalue weighted by Crippen LogP contribution is 2.34. The fraction of sp³-hybridized carbons (Fsp3) is 0.571. The molecule has 1 aliphatic rings. The van der Waals surface area contributed by atoms with Crippen LogP contribution in [0.25, 0.3) is 0 Å². The van der Waals surface area contributed by atoms with Gasteiger partial charge in [-0.2, -0.15) is 0 Å². The first-order chi connectivity index (χ1) is 8.74. The number of anilines is 1. The van der Waals surface area contributed by atoms with Gasteiger partial charge in [0, 0.05) is 13.5 Å². The molecule has 0 spiro atoms. The standard InChI is InChI=1S/C14H21NO3/c1-16-10-5-3-6-11(9-10)18-13-8-4-7-12(17-2)14(13)15/h4,7-8,10-11H,3,5-6,9,15H2,1-2H3. The third kappa shape index (κ3) is 2.88. The van der Waals surface area contributed by atoms with E-state index in [-0.39, 0.29) is 6.10 Å². The van der Waals surface area contributed by atoms with Gasteiger partial charge >= 0.3 is 0 Å². The van der Waals surface area contributed by atoms with E-state index in [1.807, 2.05) is 18.2 Å². The lowest BCUT2D eigenvalue weighted by Gasteiger charge is -2.29. The van der Waals surface area contributed by atoms with Crippen molar-refractivity contribution in [3.05, 3.63) is 18.2 Å². The molecule has 0 heterocycles. The molecule has 0 radical (unpaired) electrons. The molecule has 100 valence electrons. The Kier molecular flexibility index (Phi) is 4.31. The van der Waals surface area contributed by atoms with Gasteiger partial charge in [0.2, 0.25) is 0 Å². The predicted octanol–water partition coefficient (Wildman–Crippen LogP) is 2.61. The number of nitrogens with two attached hydrogens (primary N) is 1. The number of methoxy groups -OCH3 is 2. The molecule has 0 amide bonds. The highest BCUT2D eigenvalue weighted by atomic mass is 16.5. The normalized spacial score (nSPS) is 23.7. The first-order valence-corrected chi connectivity index (χ1v) is 6.36. The second-order valence-corrected chi connectivity index (χ2v) is 4.64. The molecule has 1 aromatic carbocycles. The summed E-state index contributed by atoms with van der Waals surface area (Å²) in [6.07, 6.45) is 4.70. The van der Waals surface area contributed by atoms with Gasteiger partial charge < -0.3 is 19.9 Å². The van der Waals surface area contributed by atoms with Crippen molar-refractivity contribution in [2.24, 2.45) is 0 Å². The Morgan fingerprint density at radius 3 is 2.56 bits per heavy atom. The topological polar surface area (TPSA) is 53.7 Å². The van der Waals surface area contributed by atoms with Gasteiger partial charge in [-0.3, -0.25) is 0 Å². The zero-order chi connectivity index (χ0) is 13.0. The van der Waals surface area contributed by atoms with Crippen LogP contribution in [-0.4, -0.2) is 26.4 Å². The molecule has 2 unspecified atom stereocenters. The Morgan fingerprint density at radius 2 is 1.83 bits per heavy atom. The first-order valence-electron chi connectivity index (χ1n) is 6.36. The number of hydrogen-bond acceptors (Lipinski definition) is 4. The van der Waals surface area contributed by atoms with Crippen LogP contribution in [0.15, 0.2) is 18.2 Å². The summed E-state index contributed by atoms with van der Waals surface area (Å²) >= 11 is 0. The van der Waals surface area contributed by atoms with Crippen molar-refractivity contribution in [2.45, 2.75) is 37.9 Å². The minimum Gasteiger partial charge on any atom is -0.494 e. The average Bonchev–Trinajstić information content (AvgIpc) is 2.41. The number of hydrogen-bond donors (Lipinski definition) is 1. The minimum atomic E-state index is 0.179. The van der Waals surface area contributed by atoms with Gasteiger partial charge in [-0.15, -0.1) is 0 Å². The predicted molar refractivity (Wildman–Crippen MR) is 71.1 cm³/mol. The summed E-state index contributed by atoms with van der Waals surface area (Å²) in [6, 6.07) is 5.61. The smallest absolute Gasteiger partial charge is 0.146 e. The third-order valence-electron chi connectivity index (χ3n) is 3.45. The molecule has 1 fully saturated rings. The van der Waals surface area contributed by atoms with E-state index in [9.17, 15) is 0 Å². The van der Waals surface area contributed by atoms with Crippen molar-refractivity contribution >= 4 is 5.69 Å². The summed E-state index contributed by atoms with van der Waals surface area (Å²) < 4.78 is 16.6. The lowest BCUT2D eigenvalue weighted by Crippen LogP contribution is -2.29. The van der Waals surface area contributed by atoms with Gasteiger partial charge in [0.25, 0.3) is 0 Å². The molecule has 0 bridgehead atoms. The fourth-order valence-corrected chi connectivity index (χ4v) is 2.41. The zero-order valence-electron chi connectivity index (χ0n) is 11.0. The van der Waals surface area contributed by atoms with Crippen LogP contribution >= 0.6 is 0 Å². The van der Waals surface area contributed by atoms with Crippen LogP contribution in [0.1, 0.15) is 25.7 Å². The van der Waals surface area contributed by atoms with E-state index >= 15 is 0 Å². The van der Waals surface area contributed by atoms with Gasteiger partial charge in [-0.05, 0) is 31.4 Å². The van der Waals surface area contributed by atoms with E-state index in [0.717, 1.165) is 25.7 Å². The van der Waals surface area contributed by atoms with Crippen LogP contribution in [0.2, 0.25) is 0 Å². The molecule has 2 atom stereocenters. The first kappa shape index (κ1) is 13.0. The number of benzene rings is 1. The molecule has 1 aromatic rings. The van der Waals surface area contributed by atoms with Crippen LogP contribution in [0.3, 0.4) is 0 Å². The maximum absolute atomic E-state index is 6.00. The Bertz CT molecular complexity index is 395. The molecule has 18 heavy (non-hydrogen) atoms. The third-order valence-corrected chi connectivity index (χ3v) is 3.45. The van der Waals surface area contributed by atoms with Crippen molar-refractivity contribution in [1.29, 1.82) is 0 Å². The quantitative estimate of drug-likeness (QED) is 0.836. The number of rotatable bonds is 4. The Labute approximate surface area is 108 Å². The second-order valence-electron chi connectivity index (χ2n) is 4.64. The summed E-state index contributed by atoms with van der Waals surface area (Å²) in [5.41, 5.74) is 6.57. The summed E-state index contributed by atoms with van der Waals surface area (Å²) in [4.78, 5) is 0. The largest absolute Gasteiger partial charge is 0.494 e. The Morgan fingerprint density at radius 1 is 1.11 bits per heavy atom. The maximum atomic E-state index is 6.00. The van der Waals surface area contributed by atoms with Gasteiger partial charge in [0.1, 0.15) is 23.3 Å². The van der Waals surface area contributed by atoms with E-state index in [2.05, 4.69) is 0 Å². The molecule has 1 saturated carbocycles. The average molecular weight is 251 g/mol. The van der Waals surface area contributed by atoms with Gasteiger partial charge in [-0.25, -0.2) is 0 Å². The Balaban J connectivity index is 2.04. The molecule has 4 nitrogen and oxygen atoms in total. The highest BCUT2D eigenvalue weighted by molar-refractivity contribution is 5.62. The van der Waals surface area contributed by atoms with Crippen LogP contribution in [-0.2, 0) is 4.74 Å². The minimum absolute atomic E-state index is 0.179. The molecular formula is C14H21NO3. The SMILES string of the molecule is COc1cccc(OC2CCCC(OC)C2)c1N. The van der Waals surface area contributed by atoms with E-state index in [1.165, 1.54) is 0 Å². The summed E-state index contributed by atoms with van der Waals surface area (Å²) in [7, 11) is 3.37. The van der Waals surface area contributed by atoms with E-state index < -0.39 is 0 Å². The van der Waals surface area contributed by atoms with E-state index in [1.54, 1.807) is 14.2 Å². The Hall–Kier alpha value is -1.42. The van der Waals surface area contributed by atoms with Gasteiger partial charge in [0.05, 0.1) is 13.2 Å². The second kappa shape index (κ2) is 5.96. The van der Waals surface area contributed by atoms with Crippen molar-refractivity contribution in [3.63, 3.8) is 0 Å². The van der Waals surface area contributed by atoms with Crippen molar-refractivity contribution in [3.8, 4) is 11.5 Å². The molecule has 4 heteroatoms. The molecular weight excluding hydrogens is 230 g/mol. The van der Waals surface area contributed by atoms with E-state index in [0.29, 0.717) is 23.3 Å². The van der Waals surface area contributed by atoms with Crippen LogP contribution < -0.4 is 15.2 Å². The molecule has 0 aromatic heterocycles. The summed E-state index contributed by atoms with van der Waals surface area (Å²) in [5, 5.41) is 0. The van der Waals surface area contributed by atoms with Gasteiger partial charge in [-0.1, -0.05) is 6.07 Å². The van der Waals surface area contributed by atoms with Crippen molar-refractivity contribution in [2.75, 3.05) is 20.0 Å². The monoisotopic (exact) mass is 251 g/mol. The molecule has 2 N–H and O–H groups in total. The maximum Gasteiger partial charge on any atom is 0.146 e. The van der Waals surface area contributed by atoms with Crippen LogP contribution in [0, 0.1) is 0 Å². The number of ether oxygens (including phenoxy) is 3. The number of nitrogen functional groups attached to an aromatic ring is 1. The fourth-order valence-electron chi connectivity index (χ4n) is 2.41. The lowest BCUT2D eigenvalue weighted by atomic mass is 9.95. The van der Waals surface area contributed by atoms with Crippen molar-refractivity contribution < 1.29 is 14.2 Å². The molecule has 1 aliphatic carbocycles. The zero-order valence-corrected chi connectivity index (χ0v) is 11.0. The van der Waals surface area contributed by atoms with Gasteiger partial charge in [0.15, 0.2) is 0 Å². The highest BCUT2D eigenvalue weighted by Gasteiger charge is 2.23. The van der Waals surface area contributed by atoms with Crippen LogP contribution in [0.4, 0.5) is 5.69 Å². The molecule has 2 rings (SSSR count). The van der Waals surface area contributed by atoms with Crippen LogP contribution in [0.5, 0.6) is 11.5 Å². The molecule has 0 saturated heterocycles. The van der Waals surface area contributed by atoms with Crippen molar-refractivity contribution in [1.82, 2.24) is 0 Å².